The summed E-state index contributed by atoms with van der Waals surface area (Å²) in [6.07, 6.45) is 2.39. The fourth-order valence-electron chi connectivity index (χ4n) is 3.32. The van der Waals surface area contributed by atoms with E-state index in [2.05, 4.69) is 0 Å². The van der Waals surface area contributed by atoms with Gasteiger partial charge in [-0.2, -0.15) is 0 Å². The van der Waals surface area contributed by atoms with E-state index in [1.54, 1.807) is 19.1 Å². The Hall–Kier alpha value is -1.55. The first-order valence-corrected chi connectivity index (χ1v) is 6.32. The summed E-state index contributed by atoms with van der Waals surface area (Å²) >= 11 is 0. The molecular formula is C14H17NO3. The highest BCUT2D eigenvalue weighted by Crippen LogP contribution is 2.63. The monoisotopic (exact) mass is 247 g/mol. The molecule has 1 aromatic rings. The van der Waals surface area contributed by atoms with Gasteiger partial charge in [0.2, 0.25) is 0 Å². The zero-order valence-corrected chi connectivity index (χ0v) is 10.4. The van der Waals surface area contributed by atoms with Gasteiger partial charge < -0.3 is 15.6 Å². The van der Waals surface area contributed by atoms with Crippen LogP contribution in [0.15, 0.2) is 18.2 Å². The molecule has 4 heteroatoms. The van der Waals surface area contributed by atoms with Crippen LogP contribution in [0, 0.1) is 0 Å². The van der Waals surface area contributed by atoms with Crippen molar-refractivity contribution in [3.63, 3.8) is 0 Å². The van der Waals surface area contributed by atoms with Gasteiger partial charge in [0.05, 0.1) is 6.61 Å². The van der Waals surface area contributed by atoms with Crippen molar-refractivity contribution in [3.05, 3.63) is 29.3 Å². The minimum absolute atomic E-state index is 0.230. The van der Waals surface area contributed by atoms with Crippen molar-refractivity contribution in [3.8, 4) is 5.75 Å². The maximum absolute atomic E-state index is 12.0. The van der Waals surface area contributed by atoms with E-state index >= 15 is 0 Å². The maximum Gasteiger partial charge on any atom is 0.327 e. The predicted molar refractivity (Wildman–Crippen MR) is 66.3 cm³/mol. The van der Waals surface area contributed by atoms with Crippen LogP contribution < -0.4 is 5.73 Å². The molecule has 0 heterocycles. The molecule has 0 saturated heterocycles. The molecule has 2 atom stereocenters. The number of ether oxygens (including phenoxy) is 1. The third-order valence-corrected chi connectivity index (χ3v) is 4.38. The van der Waals surface area contributed by atoms with Crippen molar-refractivity contribution in [2.45, 2.75) is 37.1 Å². The van der Waals surface area contributed by atoms with E-state index in [0.29, 0.717) is 13.0 Å². The SMILES string of the molecule is CCOC(=O)[C@]1(N)C[C@]12CCc1ccc(O)cc12. The van der Waals surface area contributed by atoms with Gasteiger partial charge in [0.25, 0.3) is 0 Å². The molecule has 1 saturated carbocycles. The molecule has 0 aliphatic heterocycles. The topological polar surface area (TPSA) is 72.5 Å². The van der Waals surface area contributed by atoms with E-state index < -0.39 is 5.54 Å². The summed E-state index contributed by atoms with van der Waals surface area (Å²) < 4.78 is 5.07. The van der Waals surface area contributed by atoms with E-state index in [0.717, 1.165) is 18.4 Å². The molecule has 2 aliphatic carbocycles. The van der Waals surface area contributed by atoms with Gasteiger partial charge in [0.15, 0.2) is 0 Å². The summed E-state index contributed by atoms with van der Waals surface area (Å²) in [5.41, 5.74) is 7.22. The standard InChI is InChI=1S/C14H17NO3/c1-2-18-12(17)14(15)8-13(14)6-5-9-3-4-10(16)7-11(9)13/h3-4,7,16H,2,5-6,8,15H2,1H3/t13-,14+/m0/s1. The lowest BCUT2D eigenvalue weighted by molar-refractivity contribution is -0.146. The lowest BCUT2D eigenvalue weighted by Gasteiger charge is -2.17. The molecule has 0 aromatic heterocycles. The van der Waals surface area contributed by atoms with Gasteiger partial charge in [-0.25, -0.2) is 0 Å². The second-order valence-electron chi connectivity index (χ2n) is 5.29. The molecule has 18 heavy (non-hydrogen) atoms. The van der Waals surface area contributed by atoms with Crippen LogP contribution in [0.2, 0.25) is 0 Å². The molecule has 0 amide bonds. The molecule has 3 rings (SSSR count). The van der Waals surface area contributed by atoms with Crippen LogP contribution in [0.3, 0.4) is 0 Å². The highest BCUT2D eigenvalue weighted by atomic mass is 16.5. The minimum Gasteiger partial charge on any atom is -0.508 e. The lowest BCUT2D eigenvalue weighted by Crippen LogP contribution is -2.42. The third-order valence-electron chi connectivity index (χ3n) is 4.38. The highest BCUT2D eigenvalue weighted by molar-refractivity contribution is 5.89. The summed E-state index contributed by atoms with van der Waals surface area (Å²) in [6.45, 7) is 2.13. The lowest BCUT2D eigenvalue weighted by atomic mass is 9.92. The van der Waals surface area contributed by atoms with Gasteiger partial charge in [-0.05, 0) is 49.4 Å². The number of rotatable bonds is 2. The van der Waals surface area contributed by atoms with Crippen LogP contribution in [0.25, 0.3) is 0 Å². The number of phenols is 1. The van der Waals surface area contributed by atoms with Crippen molar-refractivity contribution < 1.29 is 14.6 Å². The van der Waals surface area contributed by atoms with E-state index in [9.17, 15) is 9.90 Å². The number of fused-ring (bicyclic) bond motifs is 2. The van der Waals surface area contributed by atoms with Crippen LogP contribution in [0.1, 0.15) is 30.9 Å². The molecule has 96 valence electrons. The van der Waals surface area contributed by atoms with Gasteiger partial charge in [0, 0.05) is 5.41 Å². The normalized spacial score (nSPS) is 32.3. The van der Waals surface area contributed by atoms with Gasteiger partial charge in [-0.3, -0.25) is 4.79 Å². The molecule has 3 N–H and O–H groups in total. The predicted octanol–water partition coefficient (Wildman–Crippen LogP) is 1.24. The van der Waals surface area contributed by atoms with Crippen LogP contribution in [0.5, 0.6) is 5.75 Å². The number of phenolic OH excluding ortho intramolecular Hbond substituents is 1. The Morgan fingerprint density at radius 2 is 2.33 bits per heavy atom. The van der Waals surface area contributed by atoms with Crippen LogP contribution in [-0.2, 0) is 21.4 Å². The Bertz CT molecular complexity index is 528. The van der Waals surface area contributed by atoms with E-state index in [1.807, 2.05) is 6.07 Å². The Labute approximate surface area is 106 Å². The molecule has 2 aliphatic rings. The third kappa shape index (κ3) is 1.27. The zero-order chi connectivity index (χ0) is 13.0. The van der Waals surface area contributed by atoms with E-state index in [4.69, 9.17) is 10.5 Å². The number of aryl methyl sites for hydroxylation is 1. The number of nitrogens with two attached hydrogens (primary N) is 1. The molecule has 1 spiro atoms. The zero-order valence-electron chi connectivity index (χ0n) is 10.4. The van der Waals surface area contributed by atoms with Crippen molar-refractivity contribution in [1.29, 1.82) is 0 Å². The Morgan fingerprint density at radius 1 is 1.56 bits per heavy atom. The van der Waals surface area contributed by atoms with Crippen molar-refractivity contribution >= 4 is 5.97 Å². The van der Waals surface area contributed by atoms with Crippen LogP contribution in [-0.4, -0.2) is 23.2 Å². The number of aromatic hydroxyl groups is 1. The van der Waals surface area contributed by atoms with Crippen molar-refractivity contribution in [2.75, 3.05) is 6.61 Å². The largest absolute Gasteiger partial charge is 0.508 e. The van der Waals surface area contributed by atoms with Crippen LogP contribution in [0.4, 0.5) is 0 Å². The van der Waals surface area contributed by atoms with Gasteiger partial charge in [-0.1, -0.05) is 6.07 Å². The molecule has 1 aromatic carbocycles. The fourth-order valence-corrected chi connectivity index (χ4v) is 3.32. The van der Waals surface area contributed by atoms with Gasteiger partial charge >= 0.3 is 5.97 Å². The quantitative estimate of drug-likeness (QED) is 0.771. The number of benzene rings is 1. The number of hydrogen-bond acceptors (Lipinski definition) is 4. The summed E-state index contributed by atoms with van der Waals surface area (Å²) in [5.74, 6) is -0.0886. The first-order chi connectivity index (χ1) is 8.53. The number of hydrogen-bond donors (Lipinski definition) is 2. The maximum atomic E-state index is 12.0. The first-order valence-electron chi connectivity index (χ1n) is 6.32. The Morgan fingerprint density at radius 3 is 3.06 bits per heavy atom. The van der Waals surface area contributed by atoms with Crippen LogP contribution >= 0.6 is 0 Å². The molecule has 0 unspecified atom stereocenters. The van der Waals surface area contributed by atoms with Crippen molar-refractivity contribution in [1.82, 2.24) is 0 Å². The number of carbonyl (C=O) groups excluding carboxylic acids is 1. The summed E-state index contributed by atoms with van der Waals surface area (Å²) in [5, 5.41) is 9.61. The van der Waals surface area contributed by atoms with Crippen molar-refractivity contribution in [2.24, 2.45) is 5.73 Å². The summed E-state index contributed by atoms with van der Waals surface area (Å²) in [6, 6.07) is 5.35. The molecular weight excluding hydrogens is 230 g/mol. The second-order valence-corrected chi connectivity index (χ2v) is 5.29. The van der Waals surface area contributed by atoms with Gasteiger partial charge in [-0.15, -0.1) is 0 Å². The summed E-state index contributed by atoms with van der Waals surface area (Å²) in [7, 11) is 0. The second kappa shape index (κ2) is 3.48. The highest BCUT2D eigenvalue weighted by Gasteiger charge is 2.73. The average Bonchev–Trinajstić information content (AvgIpc) is 2.80. The Kier molecular flexibility index (Phi) is 2.23. The number of carbonyl (C=O) groups is 1. The average molecular weight is 247 g/mol. The molecule has 4 nitrogen and oxygen atoms in total. The fraction of sp³-hybridized carbons (Fsp3) is 0.500. The van der Waals surface area contributed by atoms with E-state index in [-0.39, 0.29) is 17.1 Å². The van der Waals surface area contributed by atoms with Gasteiger partial charge in [0.1, 0.15) is 11.3 Å². The first kappa shape index (κ1) is 11.5. The number of esters is 1. The molecule has 0 bridgehead atoms. The smallest absolute Gasteiger partial charge is 0.327 e. The molecule has 1 fully saturated rings. The molecule has 0 radical (unpaired) electrons. The minimum atomic E-state index is -0.901. The Balaban J connectivity index is 1.98. The van der Waals surface area contributed by atoms with E-state index in [1.165, 1.54) is 5.56 Å². The summed E-state index contributed by atoms with van der Waals surface area (Å²) in [4.78, 5) is 12.0.